The molecule has 0 aromatic carbocycles. The average molecular weight is 261 g/mol. The highest BCUT2D eigenvalue weighted by Crippen LogP contribution is 2.16. The Bertz CT molecular complexity index is 375. The minimum atomic E-state index is -0.0160. The Morgan fingerprint density at radius 1 is 1.56 bits per heavy atom. The maximum atomic E-state index is 11.0. The van der Waals surface area contributed by atoms with Crippen molar-refractivity contribution < 1.29 is 4.79 Å². The van der Waals surface area contributed by atoms with Crippen LogP contribution in [0.25, 0.3) is 0 Å². The van der Waals surface area contributed by atoms with E-state index in [9.17, 15) is 4.79 Å². The van der Waals surface area contributed by atoms with Crippen molar-refractivity contribution >= 4 is 35.1 Å². The fourth-order valence-electron chi connectivity index (χ4n) is 1.01. The van der Waals surface area contributed by atoms with Crippen LogP contribution in [0.4, 0.5) is 5.82 Å². The highest BCUT2D eigenvalue weighted by atomic mass is 35.5. The average Bonchev–Trinajstić information content (AvgIpc) is 2.28. The molecule has 1 aromatic heterocycles. The van der Waals surface area contributed by atoms with Gasteiger partial charge in [0.2, 0.25) is 5.91 Å². The van der Waals surface area contributed by atoms with Crippen LogP contribution in [-0.2, 0) is 4.79 Å². The number of amides is 1. The van der Waals surface area contributed by atoms with Crippen LogP contribution >= 0.6 is 23.4 Å². The molecule has 0 radical (unpaired) electrons. The maximum Gasteiger partial charge on any atom is 0.221 e. The van der Waals surface area contributed by atoms with Crippen LogP contribution in [0.1, 0.15) is 6.42 Å². The summed E-state index contributed by atoms with van der Waals surface area (Å²) < 4.78 is 0. The Kier molecular flexibility index (Phi) is 5.34. The van der Waals surface area contributed by atoms with Gasteiger partial charge >= 0.3 is 0 Å². The zero-order valence-electron chi connectivity index (χ0n) is 9.08. The predicted molar refractivity (Wildman–Crippen MR) is 66.0 cm³/mol. The number of nitrogens with one attached hydrogen (secondary N) is 2. The van der Waals surface area contributed by atoms with E-state index in [0.29, 0.717) is 29.1 Å². The molecule has 0 fully saturated rings. The van der Waals surface area contributed by atoms with Crippen molar-refractivity contribution in [3.8, 4) is 0 Å². The number of halogens is 1. The number of nitrogens with zero attached hydrogens (tertiary/aromatic N) is 2. The third-order valence-corrected chi connectivity index (χ3v) is 2.54. The molecular formula is C9H13ClN4OS. The van der Waals surface area contributed by atoms with E-state index < -0.39 is 0 Å². The first-order valence-electron chi connectivity index (χ1n) is 4.68. The Balaban J connectivity index is 2.53. The molecule has 1 aromatic rings. The second-order valence-corrected chi connectivity index (χ2v) is 4.07. The molecule has 0 bridgehead atoms. The number of carbonyl (C=O) groups is 1. The lowest BCUT2D eigenvalue weighted by atomic mass is 10.4. The summed E-state index contributed by atoms with van der Waals surface area (Å²) in [4.78, 5) is 19.2. The molecular weight excluding hydrogens is 248 g/mol. The number of thioether (sulfide) groups is 1. The van der Waals surface area contributed by atoms with E-state index in [1.165, 1.54) is 11.8 Å². The van der Waals surface area contributed by atoms with E-state index in [2.05, 4.69) is 20.6 Å². The van der Waals surface area contributed by atoms with Crippen molar-refractivity contribution in [1.82, 2.24) is 15.3 Å². The first-order valence-corrected chi connectivity index (χ1v) is 6.29. The van der Waals surface area contributed by atoms with Gasteiger partial charge in [-0.25, -0.2) is 9.97 Å². The quantitative estimate of drug-likeness (QED) is 0.476. The molecule has 5 nitrogen and oxygen atoms in total. The normalized spacial score (nSPS) is 9.94. The Hall–Kier alpha value is -1.01. The molecule has 0 aliphatic rings. The summed E-state index contributed by atoms with van der Waals surface area (Å²) in [6, 6.07) is 1.63. The molecule has 1 rings (SSSR count). The van der Waals surface area contributed by atoms with E-state index >= 15 is 0 Å². The minimum absolute atomic E-state index is 0.0160. The lowest BCUT2D eigenvalue weighted by Gasteiger charge is -2.06. The summed E-state index contributed by atoms with van der Waals surface area (Å²) in [5.41, 5.74) is 0. The molecule has 0 atom stereocenters. The summed E-state index contributed by atoms with van der Waals surface area (Å²) in [6.07, 6.45) is 2.27. The molecule has 0 aliphatic heterocycles. The van der Waals surface area contributed by atoms with E-state index in [1.807, 2.05) is 6.26 Å². The van der Waals surface area contributed by atoms with Gasteiger partial charge in [-0.15, -0.1) is 0 Å². The van der Waals surface area contributed by atoms with Crippen molar-refractivity contribution in [2.24, 2.45) is 0 Å². The van der Waals surface area contributed by atoms with E-state index in [0.717, 1.165) is 0 Å². The summed E-state index contributed by atoms with van der Waals surface area (Å²) >= 11 is 7.23. The van der Waals surface area contributed by atoms with E-state index in [1.54, 1.807) is 13.1 Å². The van der Waals surface area contributed by atoms with Crippen molar-refractivity contribution in [3.05, 3.63) is 11.2 Å². The van der Waals surface area contributed by atoms with Crippen LogP contribution < -0.4 is 10.6 Å². The smallest absolute Gasteiger partial charge is 0.221 e. The topological polar surface area (TPSA) is 66.9 Å². The fourth-order valence-corrected chi connectivity index (χ4v) is 1.62. The number of hydrogen-bond acceptors (Lipinski definition) is 5. The van der Waals surface area contributed by atoms with Gasteiger partial charge in [-0.1, -0.05) is 23.4 Å². The highest BCUT2D eigenvalue weighted by molar-refractivity contribution is 7.98. The standard InChI is InChI=1S/C9H13ClN4OS/c1-11-8(15)3-4-12-7-5-6(10)13-9(14-7)16-2/h5H,3-4H2,1-2H3,(H,11,15)(H,12,13,14). The second kappa shape index (κ2) is 6.55. The predicted octanol–water partition coefficient (Wildman–Crippen LogP) is 1.40. The SMILES string of the molecule is CNC(=O)CCNc1cc(Cl)nc(SC)n1. The van der Waals surface area contributed by atoms with E-state index in [-0.39, 0.29) is 5.91 Å². The Morgan fingerprint density at radius 3 is 2.94 bits per heavy atom. The first-order chi connectivity index (χ1) is 7.65. The van der Waals surface area contributed by atoms with Crippen LogP contribution in [0.5, 0.6) is 0 Å². The van der Waals surface area contributed by atoms with Crippen molar-refractivity contribution in [2.45, 2.75) is 11.6 Å². The largest absolute Gasteiger partial charge is 0.369 e. The Morgan fingerprint density at radius 2 is 2.31 bits per heavy atom. The zero-order valence-corrected chi connectivity index (χ0v) is 10.7. The number of hydrogen-bond donors (Lipinski definition) is 2. The molecule has 0 unspecified atom stereocenters. The molecule has 1 amide bonds. The Labute approximate surface area is 103 Å². The molecule has 0 saturated heterocycles. The molecule has 0 saturated carbocycles. The van der Waals surface area contributed by atoms with Crippen molar-refractivity contribution in [2.75, 3.05) is 25.2 Å². The lowest BCUT2D eigenvalue weighted by Crippen LogP contribution is -2.21. The maximum absolute atomic E-state index is 11.0. The third kappa shape index (κ3) is 4.24. The second-order valence-electron chi connectivity index (χ2n) is 2.91. The number of anilines is 1. The molecule has 16 heavy (non-hydrogen) atoms. The molecule has 88 valence electrons. The van der Waals surface area contributed by atoms with Crippen LogP contribution in [0.15, 0.2) is 11.2 Å². The van der Waals surface area contributed by atoms with Gasteiger partial charge in [-0.3, -0.25) is 4.79 Å². The van der Waals surface area contributed by atoms with Gasteiger partial charge in [0.1, 0.15) is 11.0 Å². The summed E-state index contributed by atoms with van der Waals surface area (Å²) in [7, 11) is 1.61. The van der Waals surface area contributed by atoms with Crippen LogP contribution in [0.2, 0.25) is 5.15 Å². The van der Waals surface area contributed by atoms with Gasteiger partial charge in [0.05, 0.1) is 0 Å². The lowest BCUT2D eigenvalue weighted by molar-refractivity contribution is -0.120. The van der Waals surface area contributed by atoms with Crippen LogP contribution in [0, 0.1) is 0 Å². The minimum Gasteiger partial charge on any atom is -0.369 e. The van der Waals surface area contributed by atoms with Gasteiger partial charge in [0.25, 0.3) is 0 Å². The summed E-state index contributed by atoms with van der Waals surface area (Å²) in [6.45, 7) is 0.515. The molecule has 1 heterocycles. The summed E-state index contributed by atoms with van der Waals surface area (Å²) in [5.74, 6) is 0.617. The van der Waals surface area contributed by atoms with Gasteiger partial charge in [-0.2, -0.15) is 0 Å². The molecule has 2 N–H and O–H groups in total. The fraction of sp³-hybridized carbons (Fsp3) is 0.444. The molecule has 7 heteroatoms. The van der Waals surface area contributed by atoms with Gasteiger partial charge in [-0.05, 0) is 6.26 Å². The first kappa shape index (κ1) is 13.1. The van der Waals surface area contributed by atoms with Crippen LogP contribution in [0.3, 0.4) is 0 Å². The third-order valence-electron chi connectivity index (χ3n) is 1.79. The zero-order chi connectivity index (χ0) is 12.0. The number of aromatic nitrogens is 2. The van der Waals surface area contributed by atoms with Gasteiger partial charge in [0, 0.05) is 26.1 Å². The monoisotopic (exact) mass is 260 g/mol. The summed E-state index contributed by atoms with van der Waals surface area (Å²) in [5, 5.41) is 6.56. The van der Waals surface area contributed by atoms with Gasteiger partial charge < -0.3 is 10.6 Å². The van der Waals surface area contributed by atoms with Crippen LogP contribution in [-0.4, -0.2) is 35.7 Å². The van der Waals surface area contributed by atoms with Gasteiger partial charge in [0.15, 0.2) is 5.16 Å². The van der Waals surface area contributed by atoms with Crippen molar-refractivity contribution in [1.29, 1.82) is 0 Å². The molecule has 0 aliphatic carbocycles. The highest BCUT2D eigenvalue weighted by Gasteiger charge is 2.03. The number of carbonyl (C=O) groups excluding carboxylic acids is 1. The van der Waals surface area contributed by atoms with E-state index in [4.69, 9.17) is 11.6 Å². The molecule has 0 spiro atoms. The number of rotatable bonds is 5. The van der Waals surface area contributed by atoms with Crippen molar-refractivity contribution in [3.63, 3.8) is 0 Å².